The first-order valence-electron chi connectivity index (χ1n) is 11.1. The molecule has 3 rings (SSSR count). The number of nitrogens with zero attached hydrogens (tertiary/aromatic N) is 1. The average molecular weight is 426 g/mol. The van der Waals surface area contributed by atoms with Crippen LogP contribution in [0.3, 0.4) is 0 Å². The third kappa shape index (κ3) is 5.64. The largest absolute Gasteiger partial charge is 0.465 e. The molecule has 0 amide bonds. The summed E-state index contributed by atoms with van der Waals surface area (Å²) in [7, 11) is 0. The van der Waals surface area contributed by atoms with Gasteiger partial charge >= 0.3 is 11.9 Å². The molecule has 3 atom stereocenters. The van der Waals surface area contributed by atoms with Crippen molar-refractivity contribution in [2.75, 3.05) is 18.3 Å². The summed E-state index contributed by atoms with van der Waals surface area (Å²) >= 11 is 0. The summed E-state index contributed by atoms with van der Waals surface area (Å²) in [5.41, 5.74) is 1.62. The van der Waals surface area contributed by atoms with Crippen molar-refractivity contribution in [1.29, 1.82) is 0 Å². The molecule has 31 heavy (non-hydrogen) atoms. The Hall–Kier alpha value is -2.86. The molecule has 1 aliphatic rings. The molecule has 1 fully saturated rings. The number of hydrogen-bond donors (Lipinski definition) is 0. The fourth-order valence-corrected chi connectivity index (χ4v) is 3.61. The van der Waals surface area contributed by atoms with Crippen molar-refractivity contribution in [3.05, 3.63) is 66.2 Å². The second-order valence-corrected chi connectivity index (χ2v) is 7.61. The highest BCUT2D eigenvalue weighted by Gasteiger charge is 2.53. The van der Waals surface area contributed by atoms with Crippen molar-refractivity contribution in [2.45, 2.75) is 51.7 Å². The van der Waals surface area contributed by atoms with Crippen LogP contribution in [0.4, 0.5) is 5.69 Å². The zero-order chi connectivity index (χ0) is 22.1. The lowest BCUT2D eigenvalue weighted by molar-refractivity contribution is -0.164. The normalized spacial score (nSPS) is 20.5. The molecule has 0 radical (unpaired) electrons. The van der Waals surface area contributed by atoms with Crippen LogP contribution in [0.25, 0.3) is 0 Å². The van der Waals surface area contributed by atoms with Crippen molar-refractivity contribution in [3.8, 4) is 0 Å². The number of benzene rings is 2. The second-order valence-electron chi connectivity index (χ2n) is 7.61. The molecule has 1 heterocycles. The summed E-state index contributed by atoms with van der Waals surface area (Å²) in [6.07, 6.45) is 2.27. The Morgan fingerprint density at radius 2 is 1.39 bits per heavy atom. The second kappa shape index (κ2) is 11.5. The topological polar surface area (TPSA) is 65.1 Å². The maximum absolute atomic E-state index is 13.2. The Morgan fingerprint density at radius 1 is 0.839 bits per heavy atom. The molecular weight excluding hydrogens is 394 g/mol. The van der Waals surface area contributed by atoms with Crippen LogP contribution in [0, 0.1) is 5.92 Å². The fourth-order valence-electron chi connectivity index (χ4n) is 3.61. The number of carbonyl (C=O) groups excluding carboxylic acids is 2. The summed E-state index contributed by atoms with van der Waals surface area (Å²) in [5.74, 6) is -1.82. The number of para-hydroxylation sites is 1. The van der Waals surface area contributed by atoms with Crippen molar-refractivity contribution in [3.63, 3.8) is 0 Å². The maximum Gasteiger partial charge on any atom is 0.339 e. The van der Waals surface area contributed by atoms with Crippen molar-refractivity contribution in [2.24, 2.45) is 5.92 Å². The zero-order valence-corrected chi connectivity index (χ0v) is 18.2. The molecule has 6 nitrogen and oxygen atoms in total. The molecule has 0 saturated carbocycles. The van der Waals surface area contributed by atoms with E-state index < -0.39 is 30.0 Å². The minimum Gasteiger partial charge on any atom is -0.465 e. The van der Waals surface area contributed by atoms with Gasteiger partial charge in [-0.1, -0.05) is 75.2 Å². The highest BCUT2D eigenvalue weighted by atomic mass is 16.7. The van der Waals surface area contributed by atoms with Gasteiger partial charge in [0.2, 0.25) is 0 Å². The Morgan fingerprint density at radius 3 is 1.97 bits per heavy atom. The Kier molecular flexibility index (Phi) is 8.47. The zero-order valence-electron chi connectivity index (χ0n) is 18.2. The van der Waals surface area contributed by atoms with Crippen molar-refractivity contribution in [1.82, 2.24) is 0 Å². The molecule has 166 valence electrons. The van der Waals surface area contributed by atoms with Gasteiger partial charge < -0.3 is 9.47 Å². The van der Waals surface area contributed by atoms with Crippen LogP contribution in [0.5, 0.6) is 0 Å². The quantitative estimate of drug-likeness (QED) is 0.400. The standard InChI is InChI=1S/C25H31NO5/c1-3-5-17-29-24(27)21-22(19-13-9-7-10-14-19)26(20-15-11-8-12-16-20)31-23(21)25(28)30-18-6-4-2/h7-16,21-23H,3-6,17-18H2,1-2H3/t21-,22?,23-/m1/s1. The number of ether oxygens (including phenoxy) is 2. The van der Waals surface area contributed by atoms with Gasteiger partial charge in [-0.3, -0.25) is 9.63 Å². The number of rotatable bonds is 10. The van der Waals surface area contributed by atoms with E-state index >= 15 is 0 Å². The Labute approximate surface area is 184 Å². The minimum absolute atomic E-state index is 0.300. The van der Waals surface area contributed by atoms with E-state index in [4.69, 9.17) is 14.3 Å². The van der Waals surface area contributed by atoms with E-state index in [0.29, 0.717) is 13.2 Å². The average Bonchev–Trinajstić information content (AvgIpc) is 3.21. The van der Waals surface area contributed by atoms with Gasteiger partial charge in [0.15, 0.2) is 6.10 Å². The molecule has 1 saturated heterocycles. The van der Waals surface area contributed by atoms with Crippen LogP contribution in [0.15, 0.2) is 60.7 Å². The van der Waals surface area contributed by atoms with E-state index in [1.165, 1.54) is 0 Å². The van der Waals surface area contributed by atoms with E-state index in [9.17, 15) is 9.59 Å². The molecule has 0 aliphatic carbocycles. The first-order valence-corrected chi connectivity index (χ1v) is 11.1. The van der Waals surface area contributed by atoms with Crippen LogP contribution in [-0.2, 0) is 23.9 Å². The van der Waals surface area contributed by atoms with E-state index in [0.717, 1.165) is 36.9 Å². The molecule has 2 aromatic rings. The van der Waals surface area contributed by atoms with Crippen LogP contribution in [0.1, 0.15) is 51.1 Å². The summed E-state index contributed by atoms with van der Waals surface area (Å²) < 4.78 is 11.0. The highest BCUT2D eigenvalue weighted by Crippen LogP contribution is 2.43. The molecule has 2 aromatic carbocycles. The molecule has 1 unspecified atom stereocenters. The SMILES string of the molecule is CCCCOC(=O)[C@@H]1C(c2ccccc2)N(c2ccccc2)O[C@H]1C(=O)OCCCC. The molecule has 0 N–H and O–H groups in total. The van der Waals surface area contributed by atoms with Gasteiger partial charge in [0, 0.05) is 0 Å². The predicted octanol–water partition coefficient (Wildman–Crippen LogP) is 4.85. The first-order chi connectivity index (χ1) is 15.2. The number of carbonyl (C=O) groups is 2. The van der Waals surface area contributed by atoms with E-state index in [1.54, 1.807) is 5.06 Å². The van der Waals surface area contributed by atoms with E-state index in [2.05, 4.69) is 0 Å². The van der Waals surface area contributed by atoms with Gasteiger partial charge in [-0.2, -0.15) is 0 Å². The fraction of sp³-hybridized carbons (Fsp3) is 0.440. The summed E-state index contributed by atoms with van der Waals surface area (Å²) in [6.45, 7) is 4.67. The lowest BCUT2D eigenvalue weighted by Crippen LogP contribution is -2.36. The predicted molar refractivity (Wildman–Crippen MR) is 118 cm³/mol. The number of esters is 2. The van der Waals surface area contributed by atoms with Crippen molar-refractivity contribution < 1.29 is 23.9 Å². The van der Waals surface area contributed by atoms with E-state index in [1.807, 2.05) is 74.5 Å². The van der Waals surface area contributed by atoms with Gasteiger partial charge in [0.05, 0.1) is 24.9 Å². The molecule has 1 aliphatic heterocycles. The van der Waals surface area contributed by atoms with Crippen LogP contribution in [-0.4, -0.2) is 31.3 Å². The Bertz CT molecular complexity index is 826. The third-order valence-corrected chi connectivity index (χ3v) is 5.29. The summed E-state index contributed by atoms with van der Waals surface area (Å²) in [6, 6.07) is 18.5. The summed E-state index contributed by atoms with van der Waals surface area (Å²) in [4.78, 5) is 32.2. The maximum atomic E-state index is 13.2. The third-order valence-electron chi connectivity index (χ3n) is 5.29. The first kappa shape index (κ1) is 22.8. The molecular formula is C25H31NO5. The molecule has 6 heteroatoms. The van der Waals surface area contributed by atoms with Gasteiger partial charge in [0.25, 0.3) is 0 Å². The Balaban J connectivity index is 1.96. The summed E-state index contributed by atoms with van der Waals surface area (Å²) in [5, 5.41) is 1.65. The van der Waals surface area contributed by atoms with Crippen molar-refractivity contribution >= 4 is 17.6 Å². The van der Waals surface area contributed by atoms with Crippen LogP contribution in [0.2, 0.25) is 0 Å². The number of hydroxylamine groups is 1. The minimum atomic E-state index is -1.07. The molecule has 0 bridgehead atoms. The lowest BCUT2D eigenvalue weighted by atomic mass is 9.89. The number of anilines is 1. The van der Waals surface area contributed by atoms with Crippen LogP contribution >= 0.6 is 0 Å². The smallest absolute Gasteiger partial charge is 0.339 e. The van der Waals surface area contributed by atoms with Gasteiger partial charge in [-0.05, 0) is 30.5 Å². The van der Waals surface area contributed by atoms with Gasteiger partial charge in [0.1, 0.15) is 5.92 Å². The number of hydrogen-bond acceptors (Lipinski definition) is 6. The molecule has 0 aromatic heterocycles. The van der Waals surface area contributed by atoms with Gasteiger partial charge in [-0.15, -0.1) is 0 Å². The lowest BCUT2D eigenvalue weighted by Gasteiger charge is -2.26. The van der Waals surface area contributed by atoms with E-state index in [-0.39, 0.29) is 0 Å². The van der Waals surface area contributed by atoms with Crippen LogP contribution < -0.4 is 5.06 Å². The number of unbranched alkanes of at least 4 members (excludes halogenated alkanes) is 2. The molecule has 0 spiro atoms. The monoisotopic (exact) mass is 425 g/mol. The van der Waals surface area contributed by atoms with Gasteiger partial charge in [-0.25, -0.2) is 9.86 Å². The highest BCUT2D eigenvalue weighted by molar-refractivity contribution is 5.86.